The smallest absolute Gasteiger partial charge is 0.255 e. The summed E-state index contributed by atoms with van der Waals surface area (Å²) < 4.78 is 0. The van der Waals surface area contributed by atoms with Gasteiger partial charge in [-0.1, -0.05) is 24.3 Å². The van der Waals surface area contributed by atoms with Crippen molar-refractivity contribution in [2.45, 2.75) is 6.92 Å². The van der Waals surface area contributed by atoms with E-state index in [4.69, 9.17) is 0 Å². The molecule has 5 rings (SSSR count). The first-order chi connectivity index (χ1) is 16.1. The third-order valence-corrected chi connectivity index (χ3v) is 6.70. The van der Waals surface area contributed by atoms with Crippen LogP contribution in [0.2, 0.25) is 0 Å². The third kappa shape index (κ3) is 4.29. The second kappa shape index (κ2) is 8.99. The van der Waals surface area contributed by atoms with E-state index in [1.165, 1.54) is 0 Å². The van der Waals surface area contributed by atoms with Crippen molar-refractivity contribution in [1.29, 1.82) is 0 Å². The Morgan fingerprint density at radius 3 is 2.52 bits per heavy atom. The van der Waals surface area contributed by atoms with E-state index >= 15 is 0 Å². The fraction of sp³-hybridized carbons (Fsp3) is 0.200. The number of aromatic nitrogens is 2. The van der Waals surface area contributed by atoms with Gasteiger partial charge in [0, 0.05) is 43.0 Å². The maximum atomic E-state index is 13.2. The van der Waals surface area contributed by atoms with Crippen LogP contribution in [0.15, 0.2) is 66.3 Å². The molecular weight excluding hydrogens is 434 g/mol. The van der Waals surface area contributed by atoms with Crippen LogP contribution >= 0.6 is 11.3 Å². The average Bonchev–Trinajstić information content (AvgIpc) is 3.35. The van der Waals surface area contributed by atoms with E-state index in [-0.39, 0.29) is 11.8 Å². The highest BCUT2D eigenvalue weighted by molar-refractivity contribution is 7.16. The second-order valence-corrected chi connectivity index (χ2v) is 8.86. The van der Waals surface area contributed by atoms with Gasteiger partial charge in [-0.05, 0) is 48.2 Å². The van der Waals surface area contributed by atoms with Crippen LogP contribution in [0.5, 0.6) is 0 Å². The molecule has 2 aromatic heterocycles. The Balaban J connectivity index is 1.28. The maximum absolute atomic E-state index is 13.2. The van der Waals surface area contributed by atoms with Gasteiger partial charge in [-0.15, -0.1) is 11.3 Å². The lowest BCUT2D eigenvalue weighted by Crippen LogP contribution is -2.49. The first kappa shape index (κ1) is 21.1. The molecule has 4 aromatic rings. The van der Waals surface area contributed by atoms with E-state index in [1.54, 1.807) is 35.9 Å². The summed E-state index contributed by atoms with van der Waals surface area (Å²) in [5, 5.41) is 6.01. The molecule has 1 saturated heterocycles. The molecule has 7 nitrogen and oxygen atoms in total. The molecule has 0 bridgehead atoms. The predicted octanol–water partition coefficient (Wildman–Crippen LogP) is 4.21. The molecule has 2 aromatic carbocycles. The fourth-order valence-electron chi connectivity index (χ4n) is 4.01. The van der Waals surface area contributed by atoms with Crippen LogP contribution in [0.4, 0.5) is 11.5 Å². The molecule has 3 heterocycles. The molecule has 0 spiro atoms. The minimum absolute atomic E-state index is 0.0340. The number of thiophene rings is 1. The number of piperazine rings is 1. The molecule has 0 atom stereocenters. The number of anilines is 2. The highest BCUT2D eigenvalue weighted by Crippen LogP contribution is 2.27. The van der Waals surface area contributed by atoms with Crippen molar-refractivity contribution in [2.24, 2.45) is 0 Å². The summed E-state index contributed by atoms with van der Waals surface area (Å²) in [6.45, 7) is 4.54. The van der Waals surface area contributed by atoms with E-state index in [1.807, 2.05) is 53.6 Å². The van der Waals surface area contributed by atoms with E-state index in [9.17, 15) is 9.59 Å². The number of amides is 2. The number of fused-ring (bicyclic) bond motifs is 1. The molecule has 1 fully saturated rings. The summed E-state index contributed by atoms with van der Waals surface area (Å²) >= 11 is 1.60. The van der Waals surface area contributed by atoms with Crippen molar-refractivity contribution >= 4 is 44.9 Å². The Hall–Kier alpha value is -3.78. The molecule has 166 valence electrons. The minimum atomic E-state index is -0.193. The zero-order valence-electron chi connectivity index (χ0n) is 18.2. The lowest BCUT2D eigenvalue weighted by atomic mass is 10.1. The maximum Gasteiger partial charge on any atom is 0.255 e. The third-order valence-electron chi connectivity index (χ3n) is 5.88. The van der Waals surface area contributed by atoms with Gasteiger partial charge in [0.05, 0.1) is 5.39 Å². The molecule has 8 heteroatoms. The van der Waals surface area contributed by atoms with Gasteiger partial charge in [0.15, 0.2) is 0 Å². The molecule has 0 aliphatic carbocycles. The van der Waals surface area contributed by atoms with Gasteiger partial charge in [0.1, 0.15) is 17.0 Å². The highest BCUT2D eigenvalue weighted by atomic mass is 32.1. The number of nitrogens with zero attached hydrogens (tertiary/aromatic N) is 4. The molecule has 1 N–H and O–H groups in total. The Bertz CT molecular complexity index is 1310. The van der Waals surface area contributed by atoms with Crippen LogP contribution < -0.4 is 10.2 Å². The SMILES string of the molecule is Cc1ccc(C(=O)N2CCN(c3ncnc4sccc34)CC2)cc1NC(=O)c1ccccc1. The summed E-state index contributed by atoms with van der Waals surface area (Å²) in [5.74, 6) is 0.698. The van der Waals surface area contributed by atoms with E-state index in [2.05, 4.69) is 20.2 Å². The molecule has 0 unspecified atom stereocenters. The number of hydrogen-bond acceptors (Lipinski definition) is 6. The standard InChI is InChI=1S/C25H23N5O2S/c1-17-7-8-19(15-21(17)28-23(31)18-5-3-2-4-6-18)25(32)30-12-10-29(11-13-30)22-20-9-14-33-24(20)27-16-26-22/h2-9,14-16H,10-13H2,1H3,(H,28,31). The second-order valence-electron chi connectivity index (χ2n) is 7.97. The summed E-state index contributed by atoms with van der Waals surface area (Å²) in [5.41, 5.74) is 2.70. The minimum Gasteiger partial charge on any atom is -0.352 e. The first-order valence-electron chi connectivity index (χ1n) is 10.8. The Morgan fingerprint density at radius 1 is 0.939 bits per heavy atom. The summed E-state index contributed by atoms with van der Waals surface area (Å²) in [4.78, 5) is 39.6. The van der Waals surface area contributed by atoms with Gasteiger partial charge in [0.25, 0.3) is 11.8 Å². The lowest BCUT2D eigenvalue weighted by Gasteiger charge is -2.35. The predicted molar refractivity (Wildman–Crippen MR) is 131 cm³/mol. The van der Waals surface area contributed by atoms with E-state index < -0.39 is 0 Å². The van der Waals surface area contributed by atoms with E-state index in [0.29, 0.717) is 43.0 Å². The monoisotopic (exact) mass is 457 g/mol. The van der Waals surface area contributed by atoms with Gasteiger partial charge in [0.2, 0.25) is 0 Å². The first-order valence-corrected chi connectivity index (χ1v) is 11.7. The molecule has 1 aliphatic heterocycles. The molecule has 0 radical (unpaired) electrons. The number of carbonyl (C=O) groups excluding carboxylic acids is 2. The summed E-state index contributed by atoms with van der Waals surface area (Å²) in [7, 11) is 0. The topological polar surface area (TPSA) is 78.4 Å². The van der Waals surface area contributed by atoms with Crippen LogP contribution in [-0.2, 0) is 0 Å². The zero-order valence-corrected chi connectivity index (χ0v) is 19.0. The van der Waals surface area contributed by atoms with Crippen LogP contribution in [0.1, 0.15) is 26.3 Å². The number of benzene rings is 2. The van der Waals surface area contributed by atoms with Gasteiger partial charge >= 0.3 is 0 Å². The van der Waals surface area contributed by atoms with Crippen molar-refractivity contribution in [3.8, 4) is 0 Å². The van der Waals surface area contributed by atoms with Crippen LogP contribution in [-0.4, -0.2) is 52.9 Å². The van der Waals surface area contributed by atoms with Crippen molar-refractivity contribution in [3.05, 3.63) is 83.0 Å². The largest absolute Gasteiger partial charge is 0.352 e. The van der Waals surface area contributed by atoms with Crippen LogP contribution in [0.3, 0.4) is 0 Å². The molecule has 33 heavy (non-hydrogen) atoms. The van der Waals surface area contributed by atoms with Crippen molar-refractivity contribution in [1.82, 2.24) is 14.9 Å². The number of aryl methyl sites for hydroxylation is 1. The number of nitrogens with one attached hydrogen (secondary N) is 1. The van der Waals surface area contributed by atoms with Crippen LogP contribution in [0.25, 0.3) is 10.2 Å². The molecule has 1 aliphatic rings. The van der Waals surface area contributed by atoms with Crippen molar-refractivity contribution < 1.29 is 9.59 Å². The average molecular weight is 458 g/mol. The molecule has 2 amide bonds. The Kier molecular flexibility index (Phi) is 5.75. The number of hydrogen-bond donors (Lipinski definition) is 1. The Morgan fingerprint density at radius 2 is 1.73 bits per heavy atom. The van der Waals surface area contributed by atoms with Crippen molar-refractivity contribution in [2.75, 3.05) is 36.4 Å². The Labute approximate surface area is 195 Å². The molecule has 0 saturated carbocycles. The summed E-state index contributed by atoms with van der Waals surface area (Å²) in [6, 6.07) is 16.6. The zero-order chi connectivity index (χ0) is 22.8. The number of carbonyl (C=O) groups is 2. The van der Waals surface area contributed by atoms with Crippen LogP contribution in [0, 0.1) is 6.92 Å². The fourth-order valence-corrected chi connectivity index (χ4v) is 4.73. The normalized spacial score (nSPS) is 13.8. The van der Waals surface area contributed by atoms with Gasteiger partial charge < -0.3 is 15.1 Å². The quantitative estimate of drug-likeness (QED) is 0.497. The summed E-state index contributed by atoms with van der Waals surface area (Å²) in [6.07, 6.45) is 1.60. The lowest BCUT2D eigenvalue weighted by molar-refractivity contribution is 0.0746. The van der Waals surface area contributed by atoms with E-state index in [0.717, 1.165) is 21.6 Å². The number of rotatable bonds is 4. The molecular formula is C25H23N5O2S. The van der Waals surface area contributed by atoms with Crippen molar-refractivity contribution in [3.63, 3.8) is 0 Å². The highest BCUT2D eigenvalue weighted by Gasteiger charge is 2.24. The van der Waals surface area contributed by atoms with Gasteiger partial charge in [-0.25, -0.2) is 9.97 Å². The van der Waals surface area contributed by atoms with Gasteiger partial charge in [-0.3, -0.25) is 9.59 Å². The van der Waals surface area contributed by atoms with Gasteiger partial charge in [-0.2, -0.15) is 0 Å².